The minimum Gasteiger partial charge on any atom is -0.435 e. The smallest absolute Gasteiger partial charge is 0.227 e. The van der Waals surface area contributed by atoms with Gasteiger partial charge in [0.05, 0.1) is 0 Å². The zero-order valence-electron chi connectivity index (χ0n) is 27.6. The Morgan fingerprint density at radius 1 is 0.569 bits per heavy atom. The SMILES string of the molecule is C1=C2c3oc(-c4ccc(N(c5ccc(-c6ccccc6)cc5)c5ccc6c(c5)sc5ccccc56)cc4)nc3-c3cc4ccccc4c(c32)CC1. The van der Waals surface area contributed by atoms with Crippen LogP contribution in [-0.4, -0.2) is 4.98 Å². The van der Waals surface area contributed by atoms with Gasteiger partial charge in [-0.3, -0.25) is 0 Å². The number of anilines is 3. The van der Waals surface area contributed by atoms with Crippen molar-refractivity contribution in [3.8, 4) is 33.8 Å². The van der Waals surface area contributed by atoms with Crippen LogP contribution in [-0.2, 0) is 6.42 Å². The molecule has 0 radical (unpaired) electrons. The lowest BCUT2D eigenvalue weighted by molar-refractivity contribution is 0.562. The third-order valence-corrected chi connectivity index (χ3v) is 11.7. The van der Waals surface area contributed by atoms with E-state index < -0.39 is 0 Å². The highest BCUT2D eigenvalue weighted by Gasteiger charge is 2.34. The molecular formula is C47H30N2OS. The van der Waals surface area contributed by atoms with Crippen LogP contribution in [0.1, 0.15) is 23.3 Å². The number of aromatic nitrogens is 1. The van der Waals surface area contributed by atoms with Crippen LogP contribution in [0.15, 0.2) is 162 Å². The van der Waals surface area contributed by atoms with Gasteiger partial charge in [0.15, 0.2) is 5.76 Å². The van der Waals surface area contributed by atoms with E-state index in [1.807, 2.05) is 11.3 Å². The highest BCUT2D eigenvalue weighted by atomic mass is 32.1. The van der Waals surface area contributed by atoms with E-state index in [0.29, 0.717) is 5.89 Å². The minimum atomic E-state index is 0.656. The number of allylic oxidation sites excluding steroid dienone is 1. The second kappa shape index (κ2) is 11.1. The summed E-state index contributed by atoms with van der Waals surface area (Å²) in [6.45, 7) is 0. The average molecular weight is 671 g/mol. The van der Waals surface area contributed by atoms with Crippen LogP contribution in [0.4, 0.5) is 17.1 Å². The maximum atomic E-state index is 6.62. The molecule has 0 amide bonds. The number of hydrogen-bond donors (Lipinski definition) is 0. The molecule has 3 nitrogen and oxygen atoms in total. The number of thiophene rings is 1. The first-order valence-corrected chi connectivity index (χ1v) is 18.3. The molecule has 0 atom stereocenters. The molecule has 7 aromatic carbocycles. The second-order valence-electron chi connectivity index (χ2n) is 13.4. The zero-order valence-corrected chi connectivity index (χ0v) is 28.5. The first kappa shape index (κ1) is 28.6. The molecular weight excluding hydrogens is 641 g/mol. The van der Waals surface area contributed by atoms with Gasteiger partial charge in [-0.15, -0.1) is 11.3 Å². The summed E-state index contributed by atoms with van der Waals surface area (Å²) < 4.78 is 9.21. The molecule has 2 aromatic heterocycles. The van der Waals surface area contributed by atoms with Crippen LogP contribution < -0.4 is 4.90 Å². The predicted molar refractivity (Wildman–Crippen MR) is 213 cm³/mol. The van der Waals surface area contributed by atoms with Crippen LogP contribution in [0.25, 0.3) is 70.4 Å². The van der Waals surface area contributed by atoms with Crippen molar-refractivity contribution in [2.45, 2.75) is 12.8 Å². The quantitative estimate of drug-likeness (QED) is 0.182. The van der Waals surface area contributed by atoms with Crippen molar-refractivity contribution < 1.29 is 4.42 Å². The Labute approximate surface area is 299 Å². The summed E-state index contributed by atoms with van der Waals surface area (Å²) >= 11 is 1.85. The molecule has 2 aliphatic rings. The summed E-state index contributed by atoms with van der Waals surface area (Å²) in [4.78, 5) is 7.48. The summed E-state index contributed by atoms with van der Waals surface area (Å²) in [5.41, 5.74) is 12.7. The van der Waals surface area contributed by atoms with Crippen LogP contribution in [0.3, 0.4) is 0 Å². The van der Waals surface area contributed by atoms with Crippen molar-refractivity contribution in [2.75, 3.05) is 4.90 Å². The molecule has 240 valence electrons. The highest BCUT2D eigenvalue weighted by molar-refractivity contribution is 7.25. The lowest BCUT2D eigenvalue weighted by Crippen LogP contribution is -2.09. The molecule has 0 aliphatic heterocycles. The van der Waals surface area contributed by atoms with E-state index in [9.17, 15) is 0 Å². The van der Waals surface area contributed by atoms with E-state index in [4.69, 9.17) is 9.40 Å². The van der Waals surface area contributed by atoms with Crippen LogP contribution in [0, 0.1) is 0 Å². The van der Waals surface area contributed by atoms with Crippen molar-refractivity contribution in [2.24, 2.45) is 0 Å². The van der Waals surface area contributed by atoms with Crippen molar-refractivity contribution in [1.29, 1.82) is 0 Å². The van der Waals surface area contributed by atoms with E-state index in [2.05, 4.69) is 163 Å². The van der Waals surface area contributed by atoms with Gasteiger partial charge in [0.25, 0.3) is 0 Å². The summed E-state index contributed by atoms with van der Waals surface area (Å²) in [7, 11) is 0. The number of benzene rings is 7. The summed E-state index contributed by atoms with van der Waals surface area (Å²) in [6, 6.07) is 54.6. The number of nitrogens with zero attached hydrogens (tertiary/aromatic N) is 2. The normalized spacial score (nSPS) is 13.1. The molecule has 0 unspecified atom stereocenters. The van der Waals surface area contributed by atoms with Gasteiger partial charge in [-0.2, -0.15) is 0 Å². The maximum Gasteiger partial charge on any atom is 0.227 e. The first-order valence-electron chi connectivity index (χ1n) is 17.5. The third kappa shape index (κ3) is 4.47. The van der Waals surface area contributed by atoms with Crippen LogP contribution >= 0.6 is 11.3 Å². The molecule has 0 spiro atoms. The van der Waals surface area contributed by atoms with E-state index in [-0.39, 0.29) is 0 Å². The topological polar surface area (TPSA) is 29.3 Å². The number of fused-ring (bicyclic) bond motifs is 8. The molecule has 11 rings (SSSR count). The molecule has 0 N–H and O–H groups in total. The number of aryl methyl sites for hydroxylation is 1. The minimum absolute atomic E-state index is 0.656. The zero-order chi connectivity index (χ0) is 33.5. The van der Waals surface area contributed by atoms with E-state index in [0.717, 1.165) is 46.9 Å². The van der Waals surface area contributed by atoms with E-state index >= 15 is 0 Å². The highest BCUT2D eigenvalue weighted by Crippen LogP contribution is 2.51. The lowest BCUT2D eigenvalue weighted by Gasteiger charge is -2.26. The van der Waals surface area contributed by atoms with Crippen LogP contribution in [0.2, 0.25) is 0 Å². The van der Waals surface area contributed by atoms with Gasteiger partial charge in [-0.25, -0.2) is 4.98 Å². The van der Waals surface area contributed by atoms with Crippen molar-refractivity contribution >= 4 is 64.9 Å². The van der Waals surface area contributed by atoms with Crippen molar-refractivity contribution in [3.63, 3.8) is 0 Å². The van der Waals surface area contributed by atoms with Crippen molar-refractivity contribution in [3.05, 3.63) is 175 Å². The molecule has 2 heterocycles. The Bertz CT molecular complexity index is 2840. The Kier molecular flexibility index (Phi) is 6.25. The monoisotopic (exact) mass is 670 g/mol. The Balaban J connectivity index is 0.998. The van der Waals surface area contributed by atoms with Gasteiger partial charge in [0, 0.05) is 53.9 Å². The molecule has 9 aromatic rings. The second-order valence-corrected chi connectivity index (χ2v) is 14.5. The fraction of sp³-hybridized carbons (Fsp3) is 0.0426. The Morgan fingerprint density at radius 2 is 1.24 bits per heavy atom. The van der Waals surface area contributed by atoms with E-state index in [1.54, 1.807) is 0 Å². The largest absolute Gasteiger partial charge is 0.435 e. The fourth-order valence-corrected chi connectivity index (χ4v) is 9.28. The number of rotatable bonds is 5. The first-order chi connectivity index (χ1) is 25.3. The lowest BCUT2D eigenvalue weighted by atomic mass is 9.87. The van der Waals surface area contributed by atoms with Gasteiger partial charge in [0.2, 0.25) is 5.89 Å². The Morgan fingerprint density at radius 3 is 2.06 bits per heavy atom. The number of hydrogen-bond acceptors (Lipinski definition) is 4. The molecule has 0 fully saturated rings. The molecule has 51 heavy (non-hydrogen) atoms. The number of oxazole rings is 1. The molecule has 0 saturated carbocycles. The molecule has 0 bridgehead atoms. The molecule has 4 heteroatoms. The van der Waals surface area contributed by atoms with E-state index in [1.165, 1.54) is 64.3 Å². The standard InChI is InChI=1S/C47H30N2OS/c1-2-9-29(10-3-1)30-17-21-33(22-18-30)49(35-25-26-38-37-13-6-7-16-42(37)51-43(38)28-35)34-23-19-31(20-24-34)47-48-45-41-27-32-11-4-5-12-36(32)39-14-8-15-40(44(39)41)46(45)50-47/h1-7,9-13,15-28H,8,14H2. The van der Waals surface area contributed by atoms with Crippen molar-refractivity contribution in [1.82, 2.24) is 4.98 Å². The summed E-state index contributed by atoms with van der Waals surface area (Å²) in [6.07, 6.45) is 4.39. The molecule has 0 saturated heterocycles. The summed E-state index contributed by atoms with van der Waals surface area (Å²) in [5.74, 6) is 1.56. The fourth-order valence-electron chi connectivity index (χ4n) is 8.14. The van der Waals surface area contributed by atoms with Gasteiger partial charge < -0.3 is 9.32 Å². The Hall–Kier alpha value is -6.23. The van der Waals surface area contributed by atoms with Gasteiger partial charge >= 0.3 is 0 Å². The van der Waals surface area contributed by atoms with Gasteiger partial charge in [-0.05, 0) is 107 Å². The van der Waals surface area contributed by atoms with Gasteiger partial charge in [-0.1, -0.05) is 97.1 Å². The summed E-state index contributed by atoms with van der Waals surface area (Å²) in [5, 5.41) is 5.20. The predicted octanol–water partition coefficient (Wildman–Crippen LogP) is 13.4. The average Bonchev–Trinajstić information content (AvgIpc) is 3.88. The van der Waals surface area contributed by atoms with Gasteiger partial charge in [0.1, 0.15) is 5.69 Å². The molecule has 2 aliphatic carbocycles. The maximum absolute atomic E-state index is 6.62. The third-order valence-electron chi connectivity index (χ3n) is 10.5. The van der Waals surface area contributed by atoms with Crippen LogP contribution in [0.5, 0.6) is 0 Å².